The van der Waals surface area contributed by atoms with Crippen LogP contribution in [0.1, 0.15) is 33.8 Å². The highest BCUT2D eigenvalue weighted by molar-refractivity contribution is 7.20. The maximum Gasteiger partial charge on any atom is 0.261 e. The summed E-state index contributed by atoms with van der Waals surface area (Å²) in [6.45, 7) is 2.28. The van der Waals surface area contributed by atoms with Gasteiger partial charge in [-0.3, -0.25) is 9.78 Å². The van der Waals surface area contributed by atoms with Gasteiger partial charge in [-0.1, -0.05) is 12.1 Å². The number of hydrogen-bond donors (Lipinski definition) is 1. The molecule has 2 aromatic carbocycles. The second-order valence-corrected chi connectivity index (χ2v) is 8.10. The Labute approximate surface area is 183 Å². The van der Waals surface area contributed by atoms with Gasteiger partial charge >= 0.3 is 0 Å². The summed E-state index contributed by atoms with van der Waals surface area (Å²) < 4.78 is 26.0. The fourth-order valence-electron chi connectivity index (χ4n) is 3.20. The number of nitrogens with one attached hydrogen (secondary N) is 1. The minimum atomic E-state index is -0.326. The van der Waals surface area contributed by atoms with E-state index in [9.17, 15) is 9.18 Å². The number of aromatic nitrogens is 1. The van der Waals surface area contributed by atoms with Crippen LogP contribution in [0.15, 0.2) is 67.0 Å². The molecule has 0 saturated heterocycles. The van der Waals surface area contributed by atoms with Gasteiger partial charge in [0.05, 0.1) is 18.0 Å². The number of thiophene rings is 1. The third-order valence-corrected chi connectivity index (χ3v) is 6.01. The van der Waals surface area contributed by atoms with Crippen LogP contribution >= 0.6 is 11.3 Å². The maximum absolute atomic E-state index is 13.9. The molecule has 0 aliphatic heterocycles. The van der Waals surface area contributed by atoms with Gasteiger partial charge in [-0.15, -0.1) is 11.3 Å². The number of hydrogen-bond acceptors (Lipinski definition) is 5. The van der Waals surface area contributed by atoms with Crippen molar-refractivity contribution in [3.63, 3.8) is 0 Å². The Kier molecular flexibility index (Phi) is 6.13. The van der Waals surface area contributed by atoms with Crippen molar-refractivity contribution >= 4 is 27.3 Å². The minimum Gasteiger partial charge on any atom is -0.493 e. The Morgan fingerprint density at radius 3 is 2.68 bits per heavy atom. The molecular weight excluding hydrogens is 415 g/mol. The van der Waals surface area contributed by atoms with Crippen LogP contribution < -0.4 is 14.8 Å². The topological polar surface area (TPSA) is 60.5 Å². The van der Waals surface area contributed by atoms with Crippen LogP contribution in [-0.4, -0.2) is 18.0 Å². The van der Waals surface area contributed by atoms with Crippen molar-refractivity contribution in [2.45, 2.75) is 19.6 Å². The molecule has 4 rings (SSSR count). The van der Waals surface area contributed by atoms with Crippen molar-refractivity contribution < 1.29 is 18.7 Å². The first-order chi connectivity index (χ1) is 15.0. The molecule has 4 aromatic rings. The van der Waals surface area contributed by atoms with Gasteiger partial charge in [0.15, 0.2) is 11.5 Å². The standard InChI is InChI=1S/C24H21FN2O3S/c1-15(27-24(28)23-13-18-19(25)4-3-5-22(18)31-23)17-6-7-20(21(12-17)29-2)30-14-16-8-10-26-11-9-16/h3-13,15H,14H2,1-2H3,(H,27,28)/t15-/m0/s1. The number of nitrogens with zero attached hydrogens (tertiary/aromatic N) is 1. The first-order valence-corrected chi connectivity index (χ1v) is 10.6. The number of ether oxygens (including phenoxy) is 2. The number of carbonyl (C=O) groups is 1. The number of methoxy groups -OCH3 is 1. The third kappa shape index (κ3) is 4.67. The van der Waals surface area contributed by atoms with Crippen molar-refractivity contribution in [1.82, 2.24) is 10.3 Å². The number of rotatable bonds is 7. The largest absolute Gasteiger partial charge is 0.493 e. The number of benzene rings is 2. The zero-order chi connectivity index (χ0) is 21.8. The second kappa shape index (κ2) is 9.14. The highest BCUT2D eigenvalue weighted by atomic mass is 32.1. The molecule has 0 radical (unpaired) electrons. The molecule has 0 fully saturated rings. The molecule has 0 aliphatic rings. The average molecular weight is 437 g/mol. The number of halogens is 1. The highest BCUT2D eigenvalue weighted by Gasteiger charge is 2.17. The molecule has 31 heavy (non-hydrogen) atoms. The Bertz CT molecular complexity index is 1210. The lowest BCUT2D eigenvalue weighted by molar-refractivity contribution is 0.0944. The fraction of sp³-hybridized carbons (Fsp3) is 0.167. The van der Waals surface area contributed by atoms with E-state index >= 15 is 0 Å². The van der Waals surface area contributed by atoms with E-state index in [4.69, 9.17) is 9.47 Å². The summed E-state index contributed by atoms with van der Waals surface area (Å²) in [6.07, 6.45) is 3.43. The fourth-order valence-corrected chi connectivity index (χ4v) is 4.18. The second-order valence-electron chi connectivity index (χ2n) is 7.01. The van der Waals surface area contributed by atoms with Gasteiger partial charge in [-0.2, -0.15) is 0 Å². The molecular formula is C24H21FN2O3S. The summed E-state index contributed by atoms with van der Waals surface area (Å²) in [5.74, 6) is 0.621. The van der Waals surface area contributed by atoms with Gasteiger partial charge in [0.2, 0.25) is 0 Å². The van der Waals surface area contributed by atoms with E-state index in [1.807, 2.05) is 37.3 Å². The summed E-state index contributed by atoms with van der Waals surface area (Å²) in [5, 5.41) is 3.43. The van der Waals surface area contributed by atoms with Gasteiger partial charge in [-0.05, 0) is 60.5 Å². The normalized spacial score (nSPS) is 11.8. The van der Waals surface area contributed by atoms with Gasteiger partial charge in [0, 0.05) is 22.5 Å². The van der Waals surface area contributed by atoms with E-state index in [-0.39, 0.29) is 17.8 Å². The summed E-state index contributed by atoms with van der Waals surface area (Å²) in [6, 6.07) is 15.5. The van der Waals surface area contributed by atoms with Crippen LogP contribution in [0, 0.1) is 5.82 Å². The summed E-state index contributed by atoms with van der Waals surface area (Å²) >= 11 is 1.27. The van der Waals surface area contributed by atoms with Crippen LogP contribution in [0.5, 0.6) is 11.5 Å². The lowest BCUT2D eigenvalue weighted by Crippen LogP contribution is -2.25. The van der Waals surface area contributed by atoms with Gasteiger partial charge in [0.25, 0.3) is 5.91 Å². The SMILES string of the molecule is COc1cc([C@H](C)NC(=O)c2cc3c(F)cccc3s2)ccc1OCc1ccncc1. The van der Waals surface area contributed by atoms with Crippen molar-refractivity contribution in [2.24, 2.45) is 0 Å². The number of amides is 1. The number of fused-ring (bicyclic) bond motifs is 1. The molecule has 1 N–H and O–H groups in total. The lowest BCUT2D eigenvalue weighted by Gasteiger charge is -2.17. The summed E-state index contributed by atoms with van der Waals surface area (Å²) in [4.78, 5) is 17.2. The molecule has 1 atom stereocenters. The molecule has 0 aliphatic carbocycles. The van der Waals surface area contributed by atoms with E-state index in [0.717, 1.165) is 15.8 Å². The molecule has 0 unspecified atom stereocenters. The van der Waals surface area contributed by atoms with Gasteiger partial charge < -0.3 is 14.8 Å². The lowest BCUT2D eigenvalue weighted by atomic mass is 10.1. The number of pyridine rings is 1. The predicted molar refractivity (Wildman–Crippen MR) is 119 cm³/mol. The molecule has 2 heterocycles. The van der Waals surface area contributed by atoms with E-state index in [2.05, 4.69) is 10.3 Å². The Morgan fingerprint density at radius 1 is 1.13 bits per heavy atom. The monoisotopic (exact) mass is 436 g/mol. The van der Waals surface area contributed by atoms with Crippen LogP contribution in [0.2, 0.25) is 0 Å². The van der Waals surface area contributed by atoms with Crippen LogP contribution in [-0.2, 0) is 6.61 Å². The first-order valence-electron chi connectivity index (χ1n) is 9.73. The molecule has 2 aromatic heterocycles. The van der Waals surface area contributed by atoms with E-state index < -0.39 is 0 Å². The zero-order valence-corrected chi connectivity index (χ0v) is 17.9. The Hall–Kier alpha value is -3.45. The van der Waals surface area contributed by atoms with Gasteiger partial charge in [-0.25, -0.2) is 4.39 Å². The molecule has 7 heteroatoms. The highest BCUT2D eigenvalue weighted by Crippen LogP contribution is 2.32. The zero-order valence-electron chi connectivity index (χ0n) is 17.1. The molecule has 0 saturated carbocycles. The van der Waals surface area contributed by atoms with Crippen molar-refractivity contribution in [3.05, 3.63) is 88.8 Å². The van der Waals surface area contributed by atoms with Crippen molar-refractivity contribution in [1.29, 1.82) is 0 Å². The molecule has 158 valence electrons. The van der Waals surface area contributed by atoms with Gasteiger partial charge in [0.1, 0.15) is 12.4 Å². The molecule has 0 bridgehead atoms. The average Bonchev–Trinajstić information content (AvgIpc) is 3.24. The maximum atomic E-state index is 13.9. The molecule has 5 nitrogen and oxygen atoms in total. The van der Waals surface area contributed by atoms with E-state index in [1.165, 1.54) is 17.4 Å². The first kappa shape index (κ1) is 20.8. The predicted octanol–water partition coefficient (Wildman–Crippen LogP) is 5.51. The van der Waals surface area contributed by atoms with Crippen molar-refractivity contribution in [2.75, 3.05) is 7.11 Å². The third-order valence-electron chi connectivity index (χ3n) is 4.91. The Balaban J connectivity index is 1.46. The minimum absolute atomic E-state index is 0.245. The quantitative estimate of drug-likeness (QED) is 0.415. The van der Waals surface area contributed by atoms with Crippen molar-refractivity contribution in [3.8, 4) is 11.5 Å². The Morgan fingerprint density at radius 2 is 1.94 bits per heavy atom. The van der Waals surface area contributed by atoms with E-state index in [0.29, 0.717) is 28.4 Å². The van der Waals surface area contributed by atoms with E-state index in [1.54, 1.807) is 37.7 Å². The smallest absolute Gasteiger partial charge is 0.261 e. The summed E-state index contributed by atoms with van der Waals surface area (Å²) in [7, 11) is 1.58. The van der Waals surface area contributed by atoms with Crippen LogP contribution in [0.4, 0.5) is 4.39 Å². The van der Waals surface area contributed by atoms with Crippen LogP contribution in [0.25, 0.3) is 10.1 Å². The molecule has 1 amide bonds. The van der Waals surface area contributed by atoms with Crippen LogP contribution in [0.3, 0.4) is 0 Å². The summed E-state index contributed by atoms with van der Waals surface area (Å²) in [5.41, 5.74) is 1.87. The molecule has 0 spiro atoms. The number of carbonyl (C=O) groups excluding carboxylic acids is 1.